The fourth-order valence-corrected chi connectivity index (χ4v) is 2.75. The Kier molecular flexibility index (Phi) is 4.77. The lowest BCUT2D eigenvalue weighted by Gasteiger charge is -2.17. The summed E-state index contributed by atoms with van der Waals surface area (Å²) in [5.41, 5.74) is -0.0241. The van der Waals surface area contributed by atoms with Crippen molar-refractivity contribution in [2.45, 2.75) is 13.8 Å². The molecule has 2 aromatic rings. The summed E-state index contributed by atoms with van der Waals surface area (Å²) in [6, 6.07) is 9.69. The maximum absolute atomic E-state index is 12.8. The first-order valence-electron chi connectivity index (χ1n) is 8.31. The van der Waals surface area contributed by atoms with Crippen LogP contribution in [0.3, 0.4) is 0 Å². The molecule has 2 amide bonds. The number of ether oxygens (including phenoxy) is 1. The van der Waals surface area contributed by atoms with Crippen molar-refractivity contribution in [2.75, 3.05) is 11.5 Å². The van der Waals surface area contributed by atoms with Crippen molar-refractivity contribution in [1.29, 1.82) is 0 Å². The Hall–Kier alpha value is -3.48. The molecule has 0 saturated heterocycles. The van der Waals surface area contributed by atoms with Crippen molar-refractivity contribution in [3.8, 4) is 0 Å². The van der Waals surface area contributed by atoms with Crippen LogP contribution in [0, 0.1) is 5.92 Å². The van der Waals surface area contributed by atoms with Gasteiger partial charge >= 0.3 is 5.97 Å². The normalized spacial score (nSPS) is 13.1. The molecule has 0 bridgehead atoms. The van der Waals surface area contributed by atoms with Crippen molar-refractivity contribution in [2.24, 2.45) is 5.92 Å². The van der Waals surface area contributed by atoms with Gasteiger partial charge in [0, 0.05) is 0 Å². The number of nitrogens with zero attached hydrogens (tertiary/aromatic N) is 1. The number of fused-ring (bicyclic) bond motifs is 1. The first-order chi connectivity index (χ1) is 12.8. The van der Waals surface area contributed by atoms with Gasteiger partial charge in [-0.1, -0.05) is 32.0 Å². The van der Waals surface area contributed by atoms with Gasteiger partial charge in [0.05, 0.1) is 35.0 Å². The number of hydrogen-bond acceptors (Lipinski definition) is 6. The molecule has 0 spiro atoms. The lowest BCUT2D eigenvalue weighted by atomic mass is 10.1. The van der Waals surface area contributed by atoms with Gasteiger partial charge in [0.2, 0.25) is 0 Å². The molecule has 0 aromatic heterocycles. The van der Waals surface area contributed by atoms with Crippen LogP contribution in [0.25, 0.3) is 0 Å². The van der Waals surface area contributed by atoms with E-state index < -0.39 is 23.8 Å². The van der Waals surface area contributed by atoms with Crippen LogP contribution in [-0.4, -0.2) is 30.4 Å². The molecule has 1 heterocycles. The average molecular weight is 366 g/mol. The van der Waals surface area contributed by atoms with Crippen LogP contribution in [-0.2, 0) is 4.74 Å². The lowest BCUT2D eigenvalue weighted by molar-refractivity contribution is -0.255. The van der Waals surface area contributed by atoms with Crippen LogP contribution in [0.5, 0.6) is 0 Å². The predicted octanol–water partition coefficient (Wildman–Crippen LogP) is 1.66. The van der Waals surface area contributed by atoms with E-state index in [2.05, 4.69) is 0 Å². The zero-order chi connectivity index (χ0) is 19.7. The van der Waals surface area contributed by atoms with E-state index in [1.165, 1.54) is 24.3 Å². The molecule has 0 aliphatic carbocycles. The minimum atomic E-state index is -1.45. The van der Waals surface area contributed by atoms with E-state index in [0.717, 1.165) is 11.0 Å². The summed E-state index contributed by atoms with van der Waals surface area (Å²) in [5, 5.41) is 11.0. The van der Waals surface area contributed by atoms with E-state index in [-0.39, 0.29) is 40.5 Å². The van der Waals surface area contributed by atoms with Gasteiger partial charge in [-0.25, -0.2) is 9.69 Å². The Morgan fingerprint density at radius 2 is 1.70 bits per heavy atom. The molecule has 1 aliphatic heterocycles. The summed E-state index contributed by atoms with van der Waals surface area (Å²) in [5.74, 6) is -3.31. The molecule has 138 valence electrons. The smallest absolute Gasteiger partial charge is 0.340 e. The van der Waals surface area contributed by atoms with Gasteiger partial charge < -0.3 is 14.6 Å². The molecule has 0 fully saturated rings. The summed E-state index contributed by atoms with van der Waals surface area (Å²) in [4.78, 5) is 49.8. The van der Waals surface area contributed by atoms with Crippen LogP contribution in [0.2, 0.25) is 0 Å². The maximum Gasteiger partial charge on any atom is 0.340 e. The molecule has 0 N–H and O–H groups in total. The van der Waals surface area contributed by atoms with E-state index in [1.807, 2.05) is 13.8 Å². The van der Waals surface area contributed by atoms with E-state index in [0.29, 0.717) is 0 Å². The zero-order valence-electron chi connectivity index (χ0n) is 14.7. The highest BCUT2D eigenvalue weighted by atomic mass is 16.5. The number of esters is 1. The second-order valence-corrected chi connectivity index (χ2v) is 6.50. The van der Waals surface area contributed by atoms with Crippen molar-refractivity contribution in [1.82, 2.24) is 0 Å². The average Bonchev–Trinajstić information content (AvgIpc) is 2.90. The number of amides is 2. The molecule has 0 unspecified atom stereocenters. The number of rotatable bonds is 5. The quantitative estimate of drug-likeness (QED) is 0.589. The number of carbonyl (C=O) groups is 4. The largest absolute Gasteiger partial charge is 0.545 e. The van der Waals surface area contributed by atoms with Crippen LogP contribution >= 0.6 is 0 Å². The van der Waals surface area contributed by atoms with Gasteiger partial charge in [0.1, 0.15) is 0 Å². The second kappa shape index (κ2) is 7.03. The number of imide groups is 1. The SMILES string of the molecule is CC(C)COC(=O)c1ccccc1N1C(=O)c2ccc(C(=O)[O-])cc2C1=O. The predicted molar refractivity (Wildman–Crippen MR) is 93.5 cm³/mol. The van der Waals surface area contributed by atoms with E-state index in [9.17, 15) is 24.3 Å². The van der Waals surface area contributed by atoms with Crippen molar-refractivity contribution < 1.29 is 29.0 Å². The fourth-order valence-electron chi connectivity index (χ4n) is 2.75. The van der Waals surface area contributed by atoms with Gasteiger partial charge in [0.15, 0.2) is 0 Å². The molecule has 0 saturated carbocycles. The molecular weight excluding hydrogens is 350 g/mol. The third-order valence-corrected chi connectivity index (χ3v) is 4.03. The molecule has 7 heteroatoms. The minimum Gasteiger partial charge on any atom is -0.545 e. The molecule has 27 heavy (non-hydrogen) atoms. The summed E-state index contributed by atoms with van der Waals surface area (Å²) < 4.78 is 5.21. The number of aromatic carboxylic acids is 1. The lowest BCUT2D eigenvalue weighted by Crippen LogP contribution is -2.31. The highest BCUT2D eigenvalue weighted by Gasteiger charge is 2.38. The molecule has 2 aromatic carbocycles. The van der Waals surface area contributed by atoms with Crippen molar-refractivity contribution in [3.63, 3.8) is 0 Å². The third-order valence-electron chi connectivity index (χ3n) is 4.03. The molecule has 0 atom stereocenters. The Labute approximate surface area is 155 Å². The van der Waals surface area contributed by atoms with E-state index in [1.54, 1.807) is 12.1 Å². The number of carboxylic acids is 1. The fraction of sp³-hybridized carbons (Fsp3) is 0.200. The summed E-state index contributed by atoms with van der Waals surface area (Å²) in [7, 11) is 0. The summed E-state index contributed by atoms with van der Waals surface area (Å²) >= 11 is 0. The zero-order valence-corrected chi connectivity index (χ0v) is 14.7. The first kappa shape index (κ1) is 18.3. The Morgan fingerprint density at radius 3 is 2.37 bits per heavy atom. The van der Waals surface area contributed by atoms with Crippen LogP contribution in [0.4, 0.5) is 5.69 Å². The molecular formula is C20H16NO6-. The highest BCUT2D eigenvalue weighted by Crippen LogP contribution is 2.31. The Morgan fingerprint density at radius 1 is 1.04 bits per heavy atom. The number of carbonyl (C=O) groups excluding carboxylic acids is 4. The Balaban J connectivity index is 2.01. The van der Waals surface area contributed by atoms with Crippen LogP contribution in [0.1, 0.15) is 55.3 Å². The Bertz CT molecular complexity index is 963. The molecule has 3 rings (SSSR count). The highest BCUT2D eigenvalue weighted by molar-refractivity contribution is 6.35. The number of carboxylic acid groups (broad SMARTS) is 1. The summed E-state index contributed by atoms with van der Waals surface area (Å²) in [6.07, 6.45) is 0. The number of anilines is 1. The number of hydrogen-bond donors (Lipinski definition) is 0. The number of para-hydroxylation sites is 1. The molecule has 0 radical (unpaired) electrons. The van der Waals surface area contributed by atoms with Gasteiger partial charge in [0.25, 0.3) is 11.8 Å². The van der Waals surface area contributed by atoms with Gasteiger partial charge in [-0.05, 0) is 35.7 Å². The third kappa shape index (κ3) is 3.31. The van der Waals surface area contributed by atoms with Gasteiger partial charge in [-0.3, -0.25) is 9.59 Å². The van der Waals surface area contributed by atoms with Crippen LogP contribution < -0.4 is 10.0 Å². The first-order valence-corrected chi connectivity index (χ1v) is 8.31. The van der Waals surface area contributed by atoms with Crippen molar-refractivity contribution in [3.05, 3.63) is 64.7 Å². The minimum absolute atomic E-state index is 0.0490. The standard InChI is InChI=1S/C20H17NO6/c1-11(2)10-27-20(26)14-5-3-4-6-16(14)21-17(22)13-8-7-12(19(24)25)9-15(13)18(21)23/h3-9,11H,10H2,1-2H3,(H,24,25)/p-1. The van der Waals surface area contributed by atoms with E-state index >= 15 is 0 Å². The summed E-state index contributed by atoms with van der Waals surface area (Å²) in [6.45, 7) is 3.97. The monoisotopic (exact) mass is 366 g/mol. The topological polar surface area (TPSA) is 104 Å². The van der Waals surface area contributed by atoms with E-state index in [4.69, 9.17) is 4.74 Å². The second-order valence-electron chi connectivity index (χ2n) is 6.50. The van der Waals surface area contributed by atoms with Gasteiger partial charge in [-0.15, -0.1) is 0 Å². The maximum atomic E-state index is 12.8. The molecule has 1 aliphatic rings. The van der Waals surface area contributed by atoms with Crippen molar-refractivity contribution >= 4 is 29.4 Å². The van der Waals surface area contributed by atoms with Crippen LogP contribution in [0.15, 0.2) is 42.5 Å². The molecule has 7 nitrogen and oxygen atoms in total. The van der Waals surface area contributed by atoms with Gasteiger partial charge in [-0.2, -0.15) is 0 Å². The number of benzene rings is 2.